The van der Waals surface area contributed by atoms with Crippen LogP contribution in [-0.2, 0) is 17.6 Å². The lowest BCUT2D eigenvalue weighted by atomic mass is 9.90. The highest BCUT2D eigenvalue weighted by Crippen LogP contribution is 2.24. The molecule has 1 fully saturated rings. The molecule has 0 unspecified atom stereocenters. The van der Waals surface area contributed by atoms with Crippen molar-refractivity contribution in [3.8, 4) is 11.4 Å². The average Bonchev–Trinajstić information content (AvgIpc) is 3.27. The summed E-state index contributed by atoms with van der Waals surface area (Å²) in [6, 6.07) is 16.1. The quantitative estimate of drug-likeness (QED) is 0.489. The van der Waals surface area contributed by atoms with E-state index in [4.69, 9.17) is 16.1 Å². The lowest BCUT2D eigenvalue weighted by molar-refractivity contribution is -0.132. The number of aryl methyl sites for hydroxylation is 3. The summed E-state index contributed by atoms with van der Waals surface area (Å²) in [5.41, 5.74) is 3.55. The largest absolute Gasteiger partial charge is 0.343 e. The van der Waals surface area contributed by atoms with Crippen molar-refractivity contribution in [3.05, 3.63) is 70.6 Å². The molecule has 3 aromatic rings. The van der Waals surface area contributed by atoms with Crippen molar-refractivity contribution in [2.75, 3.05) is 13.1 Å². The fourth-order valence-electron chi connectivity index (χ4n) is 4.04. The standard InChI is InChI=1S/C25H28ClN3O2/c1-18-2-4-19(5-3-18)6-7-20-14-16-29(17-15-20)24(30)13-12-23-27-25(28-31-23)21-8-10-22(26)11-9-21/h2-5,8-11,20H,6-7,12-17H2,1H3. The van der Waals surface area contributed by atoms with Crippen LogP contribution in [0.15, 0.2) is 53.1 Å². The number of benzene rings is 2. The van der Waals surface area contributed by atoms with E-state index in [0.717, 1.165) is 37.9 Å². The maximum Gasteiger partial charge on any atom is 0.227 e. The maximum absolute atomic E-state index is 12.6. The molecule has 0 N–H and O–H groups in total. The van der Waals surface area contributed by atoms with Crippen molar-refractivity contribution in [1.29, 1.82) is 0 Å². The zero-order valence-corrected chi connectivity index (χ0v) is 18.6. The molecule has 4 rings (SSSR count). The third-order valence-corrected chi connectivity index (χ3v) is 6.30. The molecule has 1 amide bonds. The lowest BCUT2D eigenvalue weighted by Gasteiger charge is -2.32. The van der Waals surface area contributed by atoms with E-state index in [-0.39, 0.29) is 5.91 Å². The second-order valence-electron chi connectivity index (χ2n) is 8.37. The van der Waals surface area contributed by atoms with E-state index in [2.05, 4.69) is 41.3 Å². The molecule has 1 aromatic heterocycles. The van der Waals surface area contributed by atoms with Crippen LogP contribution in [0.5, 0.6) is 0 Å². The Bertz CT molecular complexity index is 990. The molecule has 0 atom stereocenters. The summed E-state index contributed by atoms with van der Waals surface area (Å²) in [6.45, 7) is 3.81. The van der Waals surface area contributed by atoms with Gasteiger partial charge < -0.3 is 9.42 Å². The summed E-state index contributed by atoms with van der Waals surface area (Å²) in [5.74, 6) is 1.88. The topological polar surface area (TPSA) is 59.2 Å². The highest BCUT2D eigenvalue weighted by Gasteiger charge is 2.23. The summed E-state index contributed by atoms with van der Waals surface area (Å²) in [5, 5.41) is 4.68. The third kappa shape index (κ3) is 5.95. The fraction of sp³-hybridized carbons (Fsp3) is 0.400. The average molecular weight is 438 g/mol. The normalized spacial score (nSPS) is 14.7. The molecule has 31 heavy (non-hydrogen) atoms. The van der Waals surface area contributed by atoms with Gasteiger partial charge in [0.1, 0.15) is 0 Å². The molecule has 162 valence electrons. The molecular weight excluding hydrogens is 410 g/mol. The first-order chi connectivity index (χ1) is 15.1. The highest BCUT2D eigenvalue weighted by atomic mass is 35.5. The van der Waals surface area contributed by atoms with E-state index in [1.807, 2.05) is 17.0 Å². The molecular formula is C25H28ClN3O2. The molecule has 0 spiro atoms. The Morgan fingerprint density at radius 1 is 1.06 bits per heavy atom. The number of carbonyl (C=O) groups is 1. The molecule has 0 aliphatic carbocycles. The summed E-state index contributed by atoms with van der Waals surface area (Å²) in [7, 11) is 0. The number of hydrogen-bond acceptors (Lipinski definition) is 4. The molecule has 1 aliphatic rings. The van der Waals surface area contributed by atoms with Gasteiger partial charge in [-0.3, -0.25) is 4.79 Å². The van der Waals surface area contributed by atoms with E-state index in [9.17, 15) is 4.79 Å². The number of carbonyl (C=O) groups excluding carboxylic acids is 1. The van der Waals surface area contributed by atoms with E-state index in [1.54, 1.807) is 12.1 Å². The highest BCUT2D eigenvalue weighted by molar-refractivity contribution is 6.30. The lowest BCUT2D eigenvalue weighted by Crippen LogP contribution is -2.38. The summed E-state index contributed by atoms with van der Waals surface area (Å²) >= 11 is 5.92. The second-order valence-corrected chi connectivity index (χ2v) is 8.80. The van der Waals surface area contributed by atoms with Gasteiger partial charge in [-0.15, -0.1) is 0 Å². The van der Waals surface area contributed by atoms with Gasteiger partial charge in [-0.1, -0.05) is 46.6 Å². The van der Waals surface area contributed by atoms with Crippen LogP contribution in [0.25, 0.3) is 11.4 Å². The van der Waals surface area contributed by atoms with Gasteiger partial charge in [-0.2, -0.15) is 4.98 Å². The number of hydrogen-bond donors (Lipinski definition) is 0. The molecule has 2 aromatic carbocycles. The van der Waals surface area contributed by atoms with Crippen molar-refractivity contribution < 1.29 is 9.32 Å². The third-order valence-electron chi connectivity index (χ3n) is 6.05. The Morgan fingerprint density at radius 2 is 1.77 bits per heavy atom. The maximum atomic E-state index is 12.6. The molecule has 2 heterocycles. The number of likely N-dealkylation sites (tertiary alicyclic amines) is 1. The molecule has 5 nitrogen and oxygen atoms in total. The Morgan fingerprint density at radius 3 is 2.48 bits per heavy atom. The van der Waals surface area contributed by atoms with Crippen molar-refractivity contribution in [2.24, 2.45) is 5.92 Å². The van der Waals surface area contributed by atoms with Crippen molar-refractivity contribution >= 4 is 17.5 Å². The zero-order valence-electron chi connectivity index (χ0n) is 17.9. The van der Waals surface area contributed by atoms with Crippen molar-refractivity contribution in [1.82, 2.24) is 15.0 Å². The monoisotopic (exact) mass is 437 g/mol. The number of nitrogens with zero attached hydrogens (tertiary/aromatic N) is 3. The minimum Gasteiger partial charge on any atom is -0.343 e. The Kier molecular flexibility index (Phi) is 7.03. The molecule has 1 aliphatic heterocycles. The molecule has 0 bridgehead atoms. The van der Waals surface area contributed by atoms with Crippen LogP contribution >= 0.6 is 11.6 Å². The Labute approximate surface area is 188 Å². The van der Waals surface area contributed by atoms with Crippen LogP contribution in [0.4, 0.5) is 0 Å². The fourth-order valence-corrected chi connectivity index (χ4v) is 4.17. The van der Waals surface area contributed by atoms with Crippen LogP contribution in [0.2, 0.25) is 5.02 Å². The minimum atomic E-state index is 0.170. The first-order valence-corrected chi connectivity index (χ1v) is 11.4. The van der Waals surface area contributed by atoms with Crippen LogP contribution in [0.1, 0.15) is 42.7 Å². The first-order valence-electron chi connectivity index (χ1n) is 11.0. The van der Waals surface area contributed by atoms with Crippen LogP contribution in [-0.4, -0.2) is 34.0 Å². The Balaban J connectivity index is 1.20. The number of piperidine rings is 1. The van der Waals surface area contributed by atoms with Gasteiger partial charge in [-0.25, -0.2) is 0 Å². The van der Waals surface area contributed by atoms with Crippen LogP contribution in [0, 0.1) is 12.8 Å². The van der Waals surface area contributed by atoms with E-state index >= 15 is 0 Å². The summed E-state index contributed by atoms with van der Waals surface area (Å²) in [4.78, 5) is 19.0. The number of aromatic nitrogens is 2. The van der Waals surface area contributed by atoms with Crippen LogP contribution in [0.3, 0.4) is 0 Å². The minimum absolute atomic E-state index is 0.170. The van der Waals surface area contributed by atoms with Gasteiger partial charge in [0, 0.05) is 36.5 Å². The number of halogens is 1. The number of rotatable bonds is 7. The van der Waals surface area contributed by atoms with Gasteiger partial charge in [0.2, 0.25) is 17.6 Å². The van der Waals surface area contributed by atoms with Crippen LogP contribution < -0.4 is 0 Å². The van der Waals surface area contributed by atoms with Crippen molar-refractivity contribution in [3.63, 3.8) is 0 Å². The van der Waals surface area contributed by atoms with Gasteiger partial charge in [0.05, 0.1) is 0 Å². The SMILES string of the molecule is Cc1ccc(CCC2CCN(C(=O)CCc3nc(-c4ccc(Cl)cc4)no3)CC2)cc1. The molecule has 0 saturated carbocycles. The Hall–Kier alpha value is -2.66. The predicted octanol–water partition coefficient (Wildman–Crippen LogP) is 5.50. The zero-order chi connectivity index (χ0) is 21.6. The van der Waals surface area contributed by atoms with Gasteiger partial charge in [0.25, 0.3) is 0 Å². The van der Waals surface area contributed by atoms with Gasteiger partial charge in [-0.05, 0) is 68.4 Å². The summed E-state index contributed by atoms with van der Waals surface area (Å²) < 4.78 is 5.32. The van der Waals surface area contributed by atoms with E-state index < -0.39 is 0 Å². The van der Waals surface area contributed by atoms with E-state index in [1.165, 1.54) is 17.5 Å². The predicted molar refractivity (Wildman–Crippen MR) is 122 cm³/mol. The summed E-state index contributed by atoms with van der Waals surface area (Å²) in [6.07, 6.45) is 5.34. The van der Waals surface area contributed by atoms with E-state index in [0.29, 0.717) is 35.5 Å². The molecule has 6 heteroatoms. The first kappa shape index (κ1) is 21.6. The molecule has 1 saturated heterocycles. The molecule has 0 radical (unpaired) electrons. The second kappa shape index (κ2) is 10.1. The van der Waals surface area contributed by atoms with Crippen molar-refractivity contribution in [2.45, 2.75) is 45.4 Å². The van der Waals surface area contributed by atoms with Gasteiger partial charge >= 0.3 is 0 Å². The number of amides is 1. The smallest absolute Gasteiger partial charge is 0.227 e. The van der Waals surface area contributed by atoms with Gasteiger partial charge in [0.15, 0.2) is 0 Å².